The standard InChI is InChI=1S/C11H12O3/c1-7-4-3-5-9(11(13)14)10(7)6-8(2)12/h3-5H,6H2,1-2H3,(H,13,14). The molecule has 3 heteroatoms. The molecule has 3 nitrogen and oxygen atoms in total. The van der Waals surface area contributed by atoms with Crippen LogP contribution in [0.15, 0.2) is 18.2 Å². The maximum absolute atomic E-state index is 10.9. The Morgan fingerprint density at radius 3 is 2.50 bits per heavy atom. The van der Waals surface area contributed by atoms with Crippen molar-refractivity contribution in [2.45, 2.75) is 20.3 Å². The van der Waals surface area contributed by atoms with Crippen LogP contribution in [-0.2, 0) is 11.2 Å². The van der Waals surface area contributed by atoms with Crippen molar-refractivity contribution in [2.75, 3.05) is 0 Å². The minimum absolute atomic E-state index is 0.0261. The smallest absolute Gasteiger partial charge is 0.335 e. The van der Waals surface area contributed by atoms with E-state index in [4.69, 9.17) is 5.11 Å². The Balaban J connectivity index is 3.22. The topological polar surface area (TPSA) is 54.4 Å². The van der Waals surface area contributed by atoms with Gasteiger partial charge in [0.2, 0.25) is 0 Å². The molecular weight excluding hydrogens is 180 g/mol. The predicted octanol–water partition coefficient (Wildman–Crippen LogP) is 1.82. The molecule has 0 fully saturated rings. The highest BCUT2D eigenvalue weighted by molar-refractivity contribution is 5.92. The quantitative estimate of drug-likeness (QED) is 0.794. The number of carboxylic acids is 1. The number of hydrogen-bond donors (Lipinski definition) is 1. The summed E-state index contributed by atoms with van der Waals surface area (Å²) in [5.74, 6) is -1.01. The SMILES string of the molecule is CC(=O)Cc1c(C)cccc1C(=O)O. The number of carbonyl (C=O) groups is 2. The molecule has 74 valence electrons. The lowest BCUT2D eigenvalue weighted by molar-refractivity contribution is -0.116. The molecule has 0 amide bonds. The number of aromatic carboxylic acids is 1. The minimum Gasteiger partial charge on any atom is -0.478 e. The van der Waals surface area contributed by atoms with Crippen molar-refractivity contribution in [2.24, 2.45) is 0 Å². The highest BCUT2D eigenvalue weighted by Crippen LogP contribution is 2.15. The zero-order chi connectivity index (χ0) is 10.7. The summed E-state index contributed by atoms with van der Waals surface area (Å²) in [6.07, 6.45) is 0.189. The molecular formula is C11H12O3. The number of benzene rings is 1. The Bertz CT molecular complexity index is 380. The Labute approximate surface area is 82.4 Å². The van der Waals surface area contributed by atoms with Crippen LogP contribution >= 0.6 is 0 Å². The zero-order valence-corrected chi connectivity index (χ0v) is 8.20. The third-order valence-corrected chi connectivity index (χ3v) is 2.07. The van der Waals surface area contributed by atoms with Crippen molar-refractivity contribution in [3.63, 3.8) is 0 Å². The van der Waals surface area contributed by atoms with Gasteiger partial charge in [0.1, 0.15) is 5.78 Å². The fourth-order valence-corrected chi connectivity index (χ4v) is 1.39. The maximum Gasteiger partial charge on any atom is 0.335 e. The summed E-state index contributed by atoms with van der Waals surface area (Å²) in [5.41, 5.74) is 1.69. The van der Waals surface area contributed by atoms with E-state index >= 15 is 0 Å². The van der Waals surface area contributed by atoms with Gasteiger partial charge < -0.3 is 5.11 Å². The molecule has 0 saturated heterocycles. The number of rotatable bonds is 3. The minimum atomic E-state index is -0.982. The normalized spacial score (nSPS) is 9.86. The summed E-state index contributed by atoms with van der Waals surface area (Å²) in [5, 5.41) is 8.89. The van der Waals surface area contributed by atoms with E-state index in [-0.39, 0.29) is 17.8 Å². The van der Waals surface area contributed by atoms with Gasteiger partial charge in [0.05, 0.1) is 5.56 Å². The molecule has 14 heavy (non-hydrogen) atoms. The van der Waals surface area contributed by atoms with Crippen LogP contribution in [0.5, 0.6) is 0 Å². The second-order valence-corrected chi connectivity index (χ2v) is 3.28. The van der Waals surface area contributed by atoms with Crippen LogP contribution in [0, 0.1) is 6.92 Å². The van der Waals surface area contributed by atoms with Crippen LogP contribution in [0.25, 0.3) is 0 Å². The lowest BCUT2D eigenvalue weighted by atomic mass is 9.98. The Morgan fingerprint density at radius 2 is 2.00 bits per heavy atom. The summed E-state index contributed by atoms with van der Waals surface area (Å²) in [6, 6.07) is 5.01. The summed E-state index contributed by atoms with van der Waals surface area (Å²) < 4.78 is 0. The second-order valence-electron chi connectivity index (χ2n) is 3.28. The lowest BCUT2D eigenvalue weighted by Crippen LogP contribution is -2.07. The molecule has 0 radical (unpaired) electrons. The van der Waals surface area contributed by atoms with E-state index in [0.29, 0.717) is 5.56 Å². The first-order valence-electron chi connectivity index (χ1n) is 4.33. The van der Waals surface area contributed by atoms with Crippen LogP contribution in [0.2, 0.25) is 0 Å². The summed E-state index contributed by atoms with van der Waals surface area (Å²) in [6.45, 7) is 3.27. The maximum atomic E-state index is 10.9. The molecule has 0 heterocycles. The van der Waals surface area contributed by atoms with Crippen LogP contribution in [0.4, 0.5) is 0 Å². The highest BCUT2D eigenvalue weighted by Gasteiger charge is 2.12. The predicted molar refractivity (Wildman–Crippen MR) is 52.5 cm³/mol. The molecule has 0 aromatic heterocycles. The zero-order valence-electron chi connectivity index (χ0n) is 8.20. The average Bonchev–Trinajstić information content (AvgIpc) is 2.07. The second kappa shape index (κ2) is 4.05. The molecule has 1 N–H and O–H groups in total. The van der Waals surface area contributed by atoms with Crippen molar-refractivity contribution >= 4 is 11.8 Å². The molecule has 0 unspecified atom stereocenters. The molecule has 0 spiro atoms. The number of hydrogen-bond acceptors (Lipinski definition) is 2. The van der Waals surface area contributed by atoms with E-state index in [1.165, 1.54) is 13.0 Å². The van der Waals surface area contributed by atoms with E-state index in [1.54, 1.807) is 6.07 Å². The third-order valence-electron chi connectivity index (χ3n) is 2.07. The number of ketones is 1. The molecule has 0 bridgehead atoms. The fourth-order valence-electron chi connectivity index (χ4n) is 1.39. The van der Waals surface area contributed by atoms with Gasteiger partial charge in [-0.1, -0.05) is 12.1 Å². The third kappa shape index (κ3) is 2.19. The van der Waals surface area contributed by atoms with Crippen LogP contribution in [0.3, 0.4) is 0 Å². The first-order valence-corrected chi connectivity index (χ1v) is 4.33. The largest absolute Gasteiger partial charge is 0.478 e. The summed E-state index contributed by atoms with van der Waals surface area (Å²) >= 11 is 0. The molecule has 1 rings (SSSR count). The van der Waals surface area contributed by atoms with Gasteiger partial charge in [-0.15, -0.1) is 0 Å². The van der Waals surface area contributed by atoms with Gasteiger partial charge in [0.15, 0.2) is 0 Å². The van der Waals surface area contributed by atoms with Gasteiger partial charge in [-0.05, 0) is 31.0 Å². The Hall–Kier alpha value is -1.64. The van der Waals surface area contributed by atoms with E-state index in [0.717, 1.165) is 5.56 Å². The molecule has 0 saturated carbocycles. The monoisotopic (exact) mass is 192 g/mol. The summed E-state index contributed by atoms with van der Waals surface area (Å²) in [7, 11) is 0. The van der Waals surface area contributed by atoms with E-state index in [2.05, 4.69) is 0 Å². The highest BCUT2D eigenvalue weighted by atomic mass is 16.4. The van der Waals surface area contributed by atoms with E-state index in [9.17, 15) is 9.59 Å². The van der Waals surface area contributed by atoms with Crippen molar-refractivity contribution < 1.29 is 14.7 Å². The number of Topliss-reactive ketones (excluding diaryl/α,β-unsaturated/α-hetero) is 1. The van der Waals surface area contributed by atoms with E-state index in [1.807, 2.05) is 13.0 Å². The summed E-state index contributed by atoms with van der Waals surface area (Å²) in [4.78, 5) is 21.8. The van der Waals surface area contributed by atoms with Gasteiger partial charge in [-0.2, -0.15) is 0 Å². The van der Waals surface area contributed by atoms with Crippen molar-refractivity contribution in [3.8, 4) is 0 Å². The first kappa shape index (κ1) is 10.4. The molecule has 1 aromatic carbocycles. The Morgan fingerprint density at radius 1 is 1.36 bits per heavy atom. The van der Waals surface area contributed by atoms with Crippen molar-refractivity contribution in [1.82, 2.24) is 0 Å². The van der Waals surface area contributed by atoms with Crippen LogP contribution < -0.4 is 0 Å². The van der Waals surface area contributed by atoms with Gasteiger partial charge in [-0.3, -0.25) is 4.79 Å². The Kier molecular flexibility index (Phi) is 3.02. The fraction of sp³-hybridized carbons (Fsp3) is 0.273. The average molecular weight is 192 g/mol. The van der Waals surface area contributed by atoms with Gasteiger partial charge in [0, 0.05) is 6.42 Å². The molecule has 0 aliphatic heterocycles. The molecule has 0 aliphatic carbocycles. The van der Waals surface area contributed by atoms with Gasteiger partial charge >= 0.3 is 5.97 Å². The number of carbonyl (C=O) groups excluding carboxylic acids is 1. The first-order chi connectivity index (χ1) is 6.52. The molecule has 0 aliphatic rings. The lowest BCUT2D eigenvalue weighted by Gasteiger charge is -2.07. The number of carboxylic acid groups (broad SMARTS) is 1. The number of aryl methyl sites for hydroxylation is 1. The molecule has 0 atom stereocenters. The van der Waals surface area contributed by atoms with Crippen molar-refractivity contribution in [1.29, 1.82) is 0 Å². The van der Waals surface area contributed by atoms with Gasteiger partial charge in [-0.25, -0.2) is 4.79 Å². The van der Waals surface area contributed by atoms with Crippen molar-refractivity contribution in [3.05, 3.63) is 34.9 Å². The van der Waals surface area contributed by atoms with Crippen LogP contribution in [0.1, 0.15) is 28.4 Å². The van der Waals surface area contributed by atoms with Crippen LogP contribution in [-0.4, -0.2) is 16.9 Å². The van der Waals surface area contributed by atoms with Gasteiger partial charge in [0.25, 0.3) is 0 Å². The van der Waals surface area contributed by atoms with E-state index < -0.39 is 5.97 Å². The molecule has 1 aromatic rings.